The Morgan fingerprint density at radius 1 is 1.13 bits per heavy atom. The largest absolute Gasteiger partial charge is 0.502 e. The average molecular weight is 628 g/mol. The molecule has 1 aliphatic carbocycles. The maximum atomic E-state index is 12.6. The Balaban J connectivity index is 0.000000900. The summed E-state index contributed by atoms with van der Waals surface area (Å²) in [6, 6.07) is -0.0417. The van der Waals surface area contributed by atoms with E-state index >= 15 is 0 Å². The van der Waals surface area contributed by atoms with Crippen LogP contribution in [-0.4, -0.2) is 67.2 Å². The number of rotatable bonds is 12. The summed E-state index contributed by atoms with van der Waals surface area (Å²) in [6.45, 7) is 15.2. The molecule has 7 unspecified atom stereocenters. The van der Waals surface area contributed by atoms with Gasteiger partial charge in [0.15, 0.2) is 0 Å². The maximum absolute atomic E-state index is 12.6. The molecule has 3 fully saturated rings. The number of carbonyl (C=O) groups is 1. The number of hydrogen-bond donors (Lipinski definition) is 3. The van der Waals surface area contributed by atoms with Crippen LogP contribution in [0.4, 0.5) is 0 Å². The SMILES string of the molecule is CC(=NC(=N)C(C)/C=C\C(=O)NC1CC(C)C(C/C=C(C)/C=C/C2CC(CO)CCO2)OC1C)C1CCC1.CC/C=C(/C)OC. The Labute approximate surface area is 273 Å². The Kier molecular flexibility index (Phi) is 17.6. The van der Waals surface area contributed by atoms with Gasteiger partial charge in [-0.15, -0.1) is 0 Å². The molecule has 8 heteroatoms. The van der Waals surface area contributed by atoms with E-state index in [2.05, 4.69) is 49.3 Å². The fourth-order valence-electron chi connectivity index (χ4n) is 5.68. The topological polar surface area (TPSA) is 113 Å². The average Bonchev–Trinajstić information content (AvgIpc) is 2.99. The quantitative estimate of drug-likeness (QED) is 0.0689. The summed E-state index contributed by atoms with van der Waals surface area (Å²) < 4.78 is 17.0. The second kappa shape index (κ2) is 20.5. The predicted molar refractivity (Wildman–Crippen MR) is 185 cm³/mol. The minimum atomic E-state index is -0.205. The number of amides is 1. The molecular formula is C37H61N3O5. The van der Waals surface area contributed by atoms with Crippen LogP contribution in [0.2, 0.25) is 0 Å². The van der Waals surface area contributed by atoms with Crippen LogP contribution < -0.4 is 5.32 Å². The number of methoxy groups -OCH3 is 1. The number of ether oxygens (including phenoxy) is 3. The molecule has 0 spiro atoms. The lowest BCUT2D eigenvalue weighted by Crippen LogP contribution is -2.50. The number of allylic oxidation sites excluding steroid dienone is 4. The van der Waals surface area contributed by atoms with Gasteiger partial charge in [0.2, 0.25) is 5.91 Å². The van der Waals surface area contributed by atoms with Crippen molar-refractivity contribution in [1.29, 1.82) is 5.41 Å². The summed E-state index contributed by atoms with van der Waals surface area (Å²) in [4.78, 5) is 17.1. The number of aliphatic hydroxyl groups is 1. The van der Waals surface area contributed by atoms with Crippen molar-refractivity contribution in [3.63, 3.8) is 0 Å². The highest BCUT2D eigenvalue weighted by atomic mass is 16.5. The summed E-state index contributed by atoms with van der Waals surface area (Å²) >= 11 is 0. The van der Waals surface area contributed by atoms with Crippen molar-refractivity contribution < 1.29 is 24.1 Å². The molecule has 3 N–H and O–H groups in total. The zero-order chi connectivity index (χ0) is 33.4. The van der Waals surface area contributed by atoms with Crippen LogP contribution in [0.3, 0.4) is 0 Å². The van der Waals surface area contributed by atoms with E-state index in [1.165, 1.54) is 30.9 Å². The lowest BCUT2D eigenvalue weighted by atomic mass is 9.82. The van der Waals surface area contributed by atoms with Gasteiger partial charge in [-0.3, -0.25) is 10.2 Å². The summed E-state index contributed by atoms with van der Waals surface area (Å²) in [5, 5.41) is 20.8. The van der Waals surface area contributed by atoms with Crippen molar-refractivity contribution in [3.8, 4) is 0 Å². The number of amidine groups is 1. The van der Waals surface area contributed by atoms with E-state index in [-0.39, 0.29) is 42.8 Å². The second-order valence-corrected chi connectivity index (χ2v) is 13.1. The zero-order valence-electron chi connectivity index (χ0n) is 29.2. The number of nitrogens with one attached hydrogen (secondary N) is 2. The molecular weight excluding hydrogens is 566 g/mol. The molecule has 0 bridgehead atoms. The smallest absolute Gasteiger partial charge is 0.243 e. The van der Waals surface area contributed by atoms with Crippen molar-refractivity contribution in [1.82, 2.24) is 5.32 Å². The van der Waals surface area contributed by atoms with Gasteiger partial charge in [0.25, 0.3) is 0 Å². The molecule has 7 atom stereocenters. The van der Waals surface area contributed by atoms with Crippen LogP contribution in [-0.2, 0) is 19.0 Å². The fourth-order valence-corrected chi connectivity index (χ4v) is 5.68. The highest BCUT2D eigenvalue weighted by Crippen LogP contribution is 2.29. The molecule has 3 aliphatic rings. The summed E-state index contributed by atoms with van der Waals surface area (Å²) in [5.74, 6) is 2.14. The Bertz CT molecular complexity index is 1070. The van der Waals surface area contributed by atoms with Crippen molar-refractivity contribution in [2.75, 3.05) is 20.3 Å². The number of aliphatic hydroxyl groups excluding tert-OH is 1. The van der Waals surface area contributed by atoms with Crippen molar-refractivity contribution in [3.05, 3.63) is 47.8 Å². The van der Waals surface area contributed by atoms with Gasteiger partial charge in [-0.25, -0.2) is 4.99 Å². The molecule has 8 nitrogen and oxygen atoms in total. The van der Waals surface area contributed by atoms with Crippen LogP contribution in [0.1, 0.15) is 99.8 Å². The minimum absolute atomic E-state index is 0.0417. The highest BCUT2D eigenvalue weighted by Gasteiger charge is 2.33. The van der Waals surface area contributed by atoms with E-state index < -0.39 is 0 Å². The molecule has 254 valence electrons. The number of carbonyl (C=O) groups excluding carboxylic acids is 1. The first-order valence-electron chi connectivity index (χ1n) is 17.0. The molecule has 45 heavy (non-hydrogen) atoms. The Hall–Kier alpha value is -2.55. The van der Waals surface area contributed by atoms with Gasteiger partial charge in [-0.1, -0.05) is 57.1 Å². The van der Waals surface area contributed by atoms with Crippen LogP contribution in [0.25, 0.3) is 0 Å². The third kappa shape index (κ3) is 14.2. The minimum Gasteiger partial charge on any atom is -0.502 e. The number of hydrogen-bond acceptors (Lipinski definition) is 6. The summed E-state index contributed by atoms with van der Waals surface area (Å²) in [5.41, 5.74) is 2.22. The molecule has 0 aromatic carbocycles. The molecule has 3 rings (SSSR count). The van der Waals surface area contributed by atoms with Gasteiger partial charge < -0.3 is 24.6 Å². The monoisotopic (exact) mass is 627 g/mol. The third-order valence-electron chi connectivity index (χ3n) is 9.25. The lowest BCUT2D eigenvalue weighted by molar-refractivity contribution is -0.123. The predicted octanol–water partition coefficient (Wildman–Crippen LogP) is 7.34. The van der Waals surface area contributed by atoms with Crippen molar-refractivity contribution >= 4 is 17.5 Å². The fraction of sp³-hybridized carbons (Fsp3) is 0.703. The van der Waals surface area contributed by atoms with E-state index in [9.17, 15) is 9.90 Å². The van der Waals surface area contributed by atoms with Crippen LogP contribution >= 0.6 is 0 Å². The highest BCUT2D eigenvalue weighted by molar-refractivity contribution is 5.99. The molecule has 0 aromatic heterocycles. The van der Waals surface area contributed by atoms with E-state index in [1.807, 2.05) is 33.8 Å². The van der Waals surface area contributed by atoms with Crippen LogP contribution in [0.15, 0.2) is 52.8 Å². The third-order valence-corrected chi connectivity index (χ3v) is 9.25. The maximum Gasteiger partial charge on any atom is 0.243 e. The summed E-state index contributed by atoms with van der Waals surface area (Å²) in [6.07, 6.45) is 20.0. The first kappa shape index (κ1) is 38.6. The zero-order valence-corrected chi connectivity index (χ0v) is 29.2. The van der Waals surface area contributed by atoms with E-state index in [0.29, 0.717) is 30.2 Å². The van der Waals surface area contributed by atoms with E-state index in [4.69, 9.17) is 19.6 Å². The standard InChI is InChI=1S/C31H49N3O4.C6H12O/c1-20(9-12-27-18-25(19-35)15-16-37-27)10-13-29-22(3)17-28(24(5)38-29)34-30(36)14-11-21(2)31(32)33-23(4)26-7-6-8-26;1-4-5-6(2)7-3/h9-12,14,21-22,24-29,32,35H,6-8,13,15-19H2,1-5H3,(H,34,36);5H,4H2,1-3H3/b12-9+,14-11-,20-10+,32-31?,33-23?;6-5-. The van der Waals surface area contributed by atoms with Gasteiger partial charge in [0.05, 0.1) is 37.2 Å². The first-order valence-corrected chi connectivity index (χ1v) is 17.0. The number of nitrogens with zero attached hydrogens (tertiary/aromatic N) is 1. The van der Waals surface area contributed by atoms with E-state index in [1.54, 1.807) is 13.2 Å². The second-order valence-electron chi connectivity index (χ2n) is 13.1. The molecule has 0 aromatic rings. The van der Waals surface area contributed by atoms with Gasteiger partial charge in [-0.05, 0) is 103 Å². The van der Waals surface area contributed by atoms with Gasteiger partial charge >= 0.3 is 0 Å². The van der Waals surface area contributed by atoms with Gasteiger partial charge in [-0.2, -0.15) is 0 Å². The molecule has 1 saturated carbocycles. The Morgan fingerprint density at radius 3 is 2.47 bits per heavy atom. The number of aliphatic imine (C=N–C) groups is 1. The molecule has 2 aliphatic heterocycles. The first-order chi connectivity index (χ1) is 21.5. The van der Waals surface area contributed by atoms with Crippen molar-refractivity contribution in [2.24, 2.45) is 28.7 Å². The molecule has 1 amide bonds. The molecule has 0 radical (unpaired) electrons. The molecule has 2 heterocycles. The van der Waals surface area contributed by atoms with Crippen LogP contribution in [0, 0.1) is 29.1 Å². The van der Waals surface area contributed by atoms with E-state index in [0.717, 1.165) is 43.6 Å². The van der Waals surface area contributed by atoms with Gasteiger partial charge in [0, 0.05) is 24.8 Å². The lowest BCUT2D eigenvalue weighted by Gasteiger charge is -2.39. The Morgan fingerprint density at radius 2 is 1.87 bits per heavy atom. The normalized spacial score (nSPS) is 29.1. The molecule has 2 saturated heterocycles. The summed E-state index contributed by atoms with van der Waals surface area (Å²) in [7, 11) is 1.68. The van der Waals surface area contributed by atoms with Crippen LogP contribution in [0.5, 0.6) is 0 Å². The van der Waals surface area contributed by atoms with Crippen molar-refractivity contribution in [2.45, 2.75) is 124 Å². The van der Waals surface area contributed by atoms with Gasteiger partial charge in [0.1, 0.15) is 5.84 Å².